The third kappa shape index (κ3) is 11.3. The van der Waals surface area contributed by atoms with Gasteiger partial charge in [0, 0.05) is 52.0 Å². The third-order valence-corrected chi connectivity index (χ3v) is 15.6. The van der Waals surface area contributed by atoms with E-state index in [2.05, 4.69) is 216 Å². The number of benzene rings is 10. The van der Waals surface area contributed by atoms with E-state index < -0.39 is 0 Å². The first-order valence-electron chi connectivity index (χ1n) is 26.9. The molecular formula is C66H66N6S3. The zero-order valence-corrected chi connectivity index (χ0v) is 45.7. The maximum absolute atomic E-state index is 6.30. The lowest BCUT2D eigenvalue weighted by Gasteiger charge is -2.29. The normalized spacial score (nSPS) is 11.4. The predicted octanol–water partition coefficient (Wildman–Crippen LogP) is 17.1. The van der Waals surface area contributed by atoms with Crippen molar-refractivity contribution in [2.45, 2.75) is 98.2 Å². The predicted molar refractivity (Wildman–Crippen MR) is 336 cm³/mol. The van der Waals surface area contributed by atoms with Gasteiger partial charge in [-0.2, -0.15) is 0 Å². The second kappa shape index (κ2) is 24.0. The fourth-order valence-corrected chi connectivity index (χ4v) is 11.6. The van der Waals surface area contributed by atoms with Crippen LogP contribution < -0.4 is 31.9 Å². The van der Waals surface area contributed by atoms with Gasteiger partial charge in [-0.3, -0.25) is 0 Å². The number of fused-ring (bicyclic) bond motifs is 6. The van der Waals surface area contributed by atoms with Crippen LogP contribution in [0.1, 0.15) is 92.7 Å². The second-order valence-electron chi connectivity index (χ2n) is 19.7. The topological polar surface area (TPSA) is 72.2 Å². The van der Waals surface area contributed by atoms with E-state index in [1.165, 1.54) is 65.7 Å². The smallest absolute Gasteiger partial charge is 0.171 e. The van der Waals surface area contributed by atoms with Crippen LogP contribution in [0.5, 0.6) is 0 Å². The zero-order valence-electron chi connectivity index (χ0n) is 43.3. The summed E-state index contributed by atoms with van der Waals surface area (Å²) in [5.41, 5.74) is 11.2. The Labute approximate surface area is 458 Å². The molecule has 378 valence electrons. The molecule has 0 unspecified atom stereocenters. The number of hydrogen-bond acceptors (Lipinski definition) is 3. The van der Waals surface area contributed by atoms with Crippen molar-refractivity contribution in [3.05, 3.63) is 197 Å². The highest BCUT2D eigenvalue weighted by Gasteiger charge is 2.25. The number of thiocarbonyl (C=S) groups is 3. The molecule has 75 heavy (non-hydrogen) atoms. The molecule has 0 spiro atoms. The Kier molecular flexibility index (Phi) is 16.4. The monoisotopic (exact) mass is 1040 g/mol. The standard InChI is InChI=1S/C66H66N6S3/c1-4-7-28-55-58(40-67-64(73)70-61-49-31-16-10-22-43(49)37-44-23-11-17-32-50(44)61)56(29-8-5-2)60(42-69-66(75)72-63-53-35-20-14-26-47(53)39-48-27-15-21-36-54(48)63)57(30-9-6-3)59(55)41-68-65(74)71-62-51-33-18-12-24-45(51)38-46-25-13-19-34-52(46)62/h10-27,31-39H,4-9,28-30,40-42H2,1-3H3,(H2,67,70,73)(H2,68,71,74)(H2,69,72,75). The maximum Gasteiger partial charge on any atom is 0.171 e. The summed E-state index contributed by atoms with van der Waals surface area (Å²) < 4.78 is 0. The SMILES string of the molecule is CCCCc1c(CNC(=S)Nc2c3ccccc3cc3ccccc23)c(CCCC)c(CNC(=S)Nc2c3ccccc3cc3ccccc23)c(CCCC)c1CNC(=S)Nc1c2ccccc2cc2ccccc12. The van der Waals surface area contributed by atoms with Crippen molar-refractivity contribution in [2.24, 2.45) is 0 Å². The average Bonchev–Trinajstić information content (AvgIpc) is 3.44. The molecule has 0 saturated carbocycles. The van der Waals surface area contributed by atoms with Gasteiger partial charge in [-0.1, -0.05) is 186 Å². The van der Waals surface area contributed by atoms with Gasteiger partial charge in [0.25, 0.3) is 0 Å². The first-order chi connectivity index (χ1) is 36.8. The van der Waals surface area contributed by atoms with E-state index in [9.17, 15) is 0 Å². The third-order valence-electron chi connectivity index (χ3n) is 14.8. The lowest BCUT2D eigenvalue weighted by atomic mass is 9.81. The fraction of sp³-hybridized carbons (Fsp3) is 0.227. The molecule has 0 bridgehead atoms. The lowest BCUT2D eigenvalue weighted by Crippen LogP contribution is -2.33. The minimum Gasteiger partial charge on any atom is -0.358 e. The molecule has 10 aromatic carbocycles. The zero-order chi connectivity index (χ0) is 51.7. The van der Waals surface area contributed by atoms with Gasteiger partial charge in [-0.25, -0.2) is 0 Å². The molecule has 0 amide bonds. The molecule has 6 nitrogen and oxygen atoms in total. The van der Waals surface area contributed by atoms with Gasteiger partial charge < -0.3 is 31.9 Å². The van der Waals surface area contributed by atoms with Crippen molar-refractivity contribution in [1.82, 2.24) is 16.0 Å². The van der Waals surface area contributed by atoms with Crippen LogP contribution in [0.2, 0.25) is 0 Å². The van der Waals surface area contributed by atoms with Crippen LogP contribution in [-0.4, -0.2) is 15.3 Å². The summed E-state index contributed by atoms with van der Waals surface area (Å²) >= 11 is 18.9. The quantitative estimate of drug-likeness (QED) is 0.0372. The highest BCUT2D eigenvalue weighted by atomic mass is 32.1. The first kappa shape index (κ1) is 51.3. The van der Waals surface area contributed by atoms with Crippen molar-refractivity contribution >= 4 is 134 Å². The molecule has 0 heterocycles. The largest absolute Gasteiger partial charge is 0.358 e. The van der Waals surface area contributed by atoms with Crippen LogP contribution in [0.15, 0.2) is 164 Å². The fourth-order valence-electron chi connectivity index (χ4n) is 11.1. The van der Waals surface area contributed by atoms with E-state index in [1.807, 2.05) is 0 Å². The van der Waals surface area contributed by atoms with Crippen molar-refractivity contribution in [2.75, 3.05) is 16.0 Å². The van der Waals surface area contributed by atoms with Crippen LogP contribution in [0.25, 0.3) is 64.6 Å². The average molecular weight is 1040 g/mol. The summed E-state index contributed by atoms with van der Waals surface area (Å²) in [6.45, 7) is 8.57. The van der Waals surface area contributed by atoms with E-state index in [1.54, 1.807) is 0 Å². The van der Waals surface area contributed by atoms with Crippen LogP contribution >= 0.6 is 36.7 Å². The number of anilines is 3. The number of nitrogens with one attached hydrogen (secondary N) is 6. The van der Waals surface area contributed by atoms with Crippen molar-refractivity contribution < 1.29 is 0 Å². The first-order valence-corrected chi connectivity index (χ1v) is 28.1. The van der Waals surface area contributed by atoms with Crippen molar-refractivity contribution in [1.29, 1.82) is 0 Å². The summed E-state index contributed by atoms with van der Waals surface area (Å²) in [4.78, 5) is 0. The Bertz CT molecular complexity index is 3180. The Morgan fingerprint density at radius 2 is 0.520 bits per heavy atom. The van der Waals surface area contributed by atoms with Gasteiger partial charge in [-0.15, -0.1) is 0 Å². The minimum atomic E-state index is 0.566. The molecular weight excluding hydrogens is 973 g/mol. The summed E-state index contributed by atoms with van der Waals surface area (Å²) in [6, 6.07) is 58.0. The molecule has 0 atom stereocenters. The van der Waals surface area contributed by atoms with E-state index in [0.29, 0.717) is 35.0 Å². The summed E-state index contributed by atoms with van der Waals surface area (Å²) in [5, 5.41) is 38.1. The van der Waals surface area contributed by atoms with Crippen LogP contribution in [-0.2, 0) is 38.9 Å². The Morgan fingerprint density at radius 3 is 0.733 bits per heavy atom. The lowest BCUT2D eigenvalue weighted by molar-refractivity contribution is 0.705. The van der Waals surface area contributed by atoms with Gasteiger partial charge in [-0.05, 0) is 159 Å². The van der Waals surface area contributed by atoms with Crippen molar-refractivity contribution in [3.8, 4) is 0 Å². The van der Waals surface area contributed by atoms with Crippen LogP contribution in [0, 0.1) is 0 Å². The number of rotatable bonds is 18. The van der Waals surface area contributed by atoms with Gasteiger partial charge in [0.15, 0.2) is 15.3 Å². The van der Waals surface area contributed by atoms with Gasteiger partial charge in [0.05, 0.1) is 17.1 Å². The molecule has 0 radical (unpaired) electrons. The second-order valence-corrected chi connectivity index (χ2v) is 20.9. The van der Waals surface area contributed by atoms with E-state index in [4.69, 9.17) is 36.7 Å². The van der Waals surface area contributed by atoms with Crippen LogP contribution in [0.3, 0.4) is 0 Å². The molecule has 0 aromatic heterocycles. The minimum absolute atomic E-state index is 0.566. The summed E-state index contributed by atoms with van der Waals surface area (Å²) in [7, 11) is 0. The molecule has 0 saturated heterocycles. The molecule has 6 N–H and O–H groups in total. The molecule has 10 aromatic rings. The molecule has 0 aliphatic rings. The molecule has 0 aliphatic heterocycles. The van der Waals surface area contributed by atoms with Gasteiger partial charge in [0.1, 0.15) is 0 Å². The summed E-state index contributed by atoms with van der Waals surface area (Å²) in [5.74, 6) is 0. The molecule has 9 heteroatoms. The summed E-state index contributed by atoms with van der Waals surface area (Å²) in [6.07, 6.45) is 9.20. The number of unbranched alkanes of at least 4 members (excludes halogenated alkanes) is 3. The van der Waals surface area contributed by atoms with E-state index in [0.717, 1.165) is 107 Å². The van der Waals surface area contributed by atoms with Gasteiger partial charge in [0.2, 0.25) is 0 Å². The molecule has 0 aliphatic carbocycles. The highest BCUT2D eigenvalue weighted by molar-refractivity contribution is 7.80. The maximum atomic E-state index is 6.30. The van der Waals surface area contributed by atoms with E-state index in [-0.39, 0.29) is 0 Å². The number of hydrogen-bond donors (Lipinski definition) is 6. The molecule has 0 fully saturated rings. The van der Waals surface area contributed by atoms with Crippen LogP contribution in [0.4, 0.5) is 17.1 Å². The van der Waals surface area contributed by atoms with E-state index >= 15 is 0 Å². The van der Waals surface area contributed by atoms with Crippen molar-refractivity contribution in [3.63, 3.8) is 0 Å². The highest BCUT2D eigenvalue weighted by Crippen LogP contribution is 2.38. The van der Waals surface area contributed by atoms with Gasteiger partial charge >= 0.3 is 0 Å². The molecule has 10 rings (SSSR count). The Morgan fingerprint density at radius 1 is 0.307 bits per heavy atom. The Balaban J connectivity index is 1.05. The Hall–Kier alpha value is -7.17.